The third-order valence-corrected chi connectivity index (χ3v) is 4.25. The molecule has 1 spiro atoms. The maximum absolute atomic E-state index is 12.5. The van der Waals surface area contributed by atoms with E-state index in [1.165, 1.54) is 12.8 Å². The number of nitrogens with zero attached hydrogens (tertiary/aromatic N) is 1. The molecule has 1 aliphatic carbocycles. The van der Waals surface area contributed by atoms with Crippen LogP contribution in [0, 0.1) is 5.41 Å². The van der Waals surface area contributed by atoms with Gasteiger partial charge in [-0.05, 0) is 31.9 Å². The van der Waals surface area contributed by atoms with Gasteiger partial charge in [0.05, 0.1) is 18.8 Å². The summed E-state index contributed by atoms with van der Waals surface area (Å²) in [5.74, 6) is 0.897. The zero-order valence-electron chi connectivity index (χ0n) is 11.5. The van der Waals surface area contributed by atoms with Gasteiger partial charge in [-0.1, -0.05) is 12.1 Å². The summed E-state index contributed by atoms with van der Waals surface area (Å²) in [6.07, 6.45) is 2.40. The van der Waals surface area contributed by atoms with E-state index in [2.05, 4.69) is 5.32 Å². The minimum Gasteiger partial charge on any atom is -0.495 e. The first-order valence-electron chi connectivity index (χ1n) is 6.83. The van der Waals surface area contributed by atoms with Crippen molar-refractivity contribution < 1.29 is 9.53 Å². The Morgan fingerprint density at radius 2 is 2.11 bits per heavy atom. The summed E-state index contributed by atoms with van der Waals surface area (Å²) in [4.78, 5) is 14.4. The van der Waals surface area contributed by atoms with Crippen LogP contribution in [0.3, 0.4) is 0 Å². The second-order valence-electron chi connectivity index (χ2n) is 5.70. The molecule has 1 saturated heterocycles. The molecule has 4 heteroatoms. The molecule has 2 fully saturated rings. The van der Waals surface area contributed by atoms with Crippen molar-refractivity contribution in [2.75, 3.05) is 25.1 Å². The number of ether oxygens (including phenoxy) is 1. The highest BCUT2D eigenvalue weighted by atomic mass is 16.5. The molecule has 1 heterocycles. The van der Waals surface area contributed by atoms with Crippen molar-refractivity contribution >= 4 is 11.6 Å². The smallest absolute Gasteiger partial charge is 0.243 e. The van der Waals surface area contributed by atoms with E-state index in [9.17, 15) is 4.79 Å². The highest BCUT2D eigenvalue weighted by Gasteiger charge is 2.47. The van der Waals surface area contributed by atoms with Gasteiger partial charge in [-0.3, -0.25) is 4.79 Å². The van der Waals surface area contributed by atoms with Gasteiger partial charge in [-0.25, -0.2) is 0 Å². The largest absolute Gasteiger partial charge is 0.495 e. The first kappa shape index (κ1) is 12.5. The fourth-order valence-electron chi connectivity index (χ4n) is 2.73. The van der Waals surface area contributed by atoms with Gasteiger partial charge < -0.3 is 15.0 Å². The van der Waals surface area contributed by atoms with Crippen molar-refractivity contribution in [3.63, 3.8) is 0 Å². The molecule has 0 bridgehead atoms. The fraction of sp³-hybridized carbons (Fsp3) is 0.533. The lowest BCUT2D eigenvalue weighted by Crippen LogP contribution is -2.42. The number of nitrogens with one attached hydrogen (secondary N) is 1. The zero-order chi connectivity index (χ0) is 13.5. The molecule has 1 aromatic rings. The average molecular weight is 260 g/mol. The second kappa shape index (κ2) is 4.53. The Balaban J connectivity index is 1.98. The standard InChI is InChI=1S/C15H20N2O2/c1-11-14(18)17(10-15(7-8-15)9-16-11)12-5-3-4-6-13(12)19-2/h3-6,11,16H,7-10H2,1-2H3. The lowest BCUT2D eigenvalue weighted by atomic mass is 10.1. The van der Waals surface area contributed by atoms with E-state index in [1.54, 1.807) is 7.11 Å². The van der Waals surface area contributed by atoms with E-state index in [4.69, 9.17) is 4.74 Å². The number of hydrogen-bond donors (Lipinski definition) is 1. The summed E-state index contributed by atoms with van der Waals surface area (Å²) >= 11 is 0. The molecule has 102 valence electrons. The third kappa shape index (κ3) is 2.21. The topological polar surface area (TPSA) is 41.6 Å². The molecule has 4 nitrogen and oxygen atoms in total. The number of amides is 1. The molecule has 2 aliphatic rings. The number of benzene rings is 1. The second-order valence-corrected chi connectivity index (χ2v) is 5.70. The van der Waals surface area contributed by atoms with E-state index >= 15 is 0 Å². The van der Waals surface area contributed by atoms with Crippen LogP contribution in [0.4, 0.5) is 5.69 Å². The Labute approximate surface area is 113 Å². The van der Waals surface area contributed by atoms with E-state index in [0.29, 0.717) is 0 Å². The number of rotatable bonds is 2. The third-order valence-electron chi connectivity index (χ3n) is 4.25. The van der Waals surface area contributed by atoms with Crippen LogP contribution in [0.25, 0.3) is 0 Å². The van der Waals surface area contributed by atoms with Crippen LogP contribution >= 0.6 is 0 Å². The molecule has 19 heavy (non-hydrogen) atoms. The van der Waals surface area contributed by atoms with Crippen molar-refractivity contribution in [1.82, 2.24) is 5.32 Å². The number of methoxy groups -OCH3 is 1. The summed E-state index contributed by atoms with van der Waals surface area (Å²) in [6, 6.07) is 7.62. The Morgan fingerprint density at radius 3 is 2.79 bits per heavy atom. The van der Waals surface area contributed by atoms with Crippen LogP contribution in [0.15, 0.2) is 24.3 Å². The monoisotopic (exact) mass is 260 g/mol. The molecule has 1 atom stereocenters. The Bertz CT molecular complexity index is 497. The van der Waals surface area contributed by atoms with Gasteiger partial charge in [0.25, 0.3) is 0 Å². The SMILES string of the molecule is COc1ccccc1N1CC2(CC2)CNC(C)C1=O. The van der Waals surface area contributed by atoms with Gasteiger partial charge in [0.15, 0.2) is 0 Å². The summed E-state index contributed by atoms with van der Waals surface area (Å²) in [5.41, 5.74) is 1.16. The van der Waals surface area contributed by atoms with Gasteiger partial charge in [-0.15, -0.1) is 0 Å². The molecular weight excluding hydrogens is 240 g/mol. The van der Waals surface area contributed by atoms with E-state index in [0.717, 1.165) is 24.5 Å². The van der Waals surface area contributed by atoms with Crippen molar-refractivity contribution in [1.29, 1.82) is 0 Å². The average Bonchev–Trinajstić information content (AvgIpc) is 3.22. The number of carbonyl (C=O) groups is 1. The van der Waals surface area contributed by atoms with Gasteiger partial charge in [0.1, 0.15) is 5.75 Å². The Morgan fingerprint density at radius 1 is 1.37 bits per heavy atom. The van der Waals surface area contributed by atoms with Crippen molar-refractivity contribution in [2.45, 2.75) is 25.8 Å². The number of para-hydroxylation sites is 2. The van der Waals surface area contributed by atoms with Gasteiger partial charge in [0.2, 0.25) is 5.91 Å². The van der Waals surface area contributed by atoms with Gasteiger partial charge >= 0.3 is 0 Å². The maximum atomic E-state index is 12.5. The number of carbonyl (C=O) groups excluding carboxylic acids is 1. The van der Waals surface area contributed by atoms with E-state index in [1.807, 2.05) is 36.1 Å². The molecular formula is C15H20N2O2. The number of anilines is 1. The quantitative estimate of drug-likeness (QED) is 0.881. The molecule has 3 rings (SSSR count). The predicted molar refractivity (Wildman–Crippen MR) is 74.5 cm³/mol. The lowest BCUT2D eigenvalue weighted by molar-refractivity contribution is -0.119. The van der Waals surface area contributed by atoms with Gasteiger partial charge in [-0.2, -0.15) is 0 Å². The zero-order valence-corrected chi connectivity index (χ0v) is 11.5. The van der Waals surface area contributed by atoms with Crippen LogP contribution in [0.2, 0.25) is 0 Å². The number of hydrogen-bond acceptors (Lipinski definition) is 3. The highest BCUT2D eigenvalue weighted by Crippen LogP contribution is 2.48. The van der Waals surface area contributed by atoms with Crippen LogP contribution < -0.4 is 15.0 Å². The lowest BCUT2D eigenvalue weighted by Gasteiger charge is -2.26. The first-order chi connectivity index (χ1) is 9.15. The molecule has 1 unspecified atom stereocenters. The molecule has 0 aromatic heterocycles. The summed E-state index contributed by atoms with van der Waals surface area (Å²) < 4.78 is 5.40. The van der Waals surface area contributed by atoms with Crippen molar-refractivity contribution in [3.05, 3.63) is 24.3 Å². The maximum Gasteiger partial charge on any atom is 0.243 e. The first-order valence-corrected chi connectivity index (χ1v) is 6.83. The summed E-state index contributed by atoms with van der Waals surface area (Å²) in [7, 11) is 1.65. The van der Waals surface area contributed by atoms with Gasteiger partial charge in [0, 0.05) is 18.5 Å². The summed E-state index contributed by atoms with van der Waals surface area (Å²) in [5, 5.41) is 3.35. The Hall–Kier alpha value is -1.55. The molecule has 1 saturated carbocycles. The molecule has 0 radical (unpaired) electrons. The molecule has 1 aliphatic heterocycles. The summed E-state index contributed by atoms with van der Waals surface area (Å²) in [6.45, 7) is 3.67. The van der Waals surface area contributed by atoms with E-state index in [-0.39, 0.29) is 17.4 Å². The normalized spacial score (nSPS) is 25.3. The molecule has 1 N–H and O–H groups in total. The Kier molecular flexibility index (Phi) is 2.97. The van der Waals surface area contributed by atoms with Crippen molar-refractivity contribution in [3.8, 4) is 5.75 Å². The highest BCUT2D eigenvalue weighted by molar-refractivity contribution is 5.98. The predicted octanol–water partition coefficient (Wildman–Crippen LogP) is 1.80. The van der Waals surface area contributed by atoms with Crippen LogP contribution in [-0.2, 0) is 4.79 Å². The van der Waals surface area contributed by atoms with Crippen LogP contribution in [0.5, 0.6) is 5.75 Å². The van der Waals surface area contributed by atoms with E-state index < -0.39 is 0 Å². The van der Waals surface area contributed by atoms with Crippen LogP contribution in [0.1, 0.15) is 19.8 Å². The molecule has 1 amide bonds. The fourth-order valence-corrected chi connectivity index (χ4v) is 2.73. The molecule has 1 aromatic carbocycles. The minimum absolute atomic E-state index is 0.133. The van der Waals surface area contributed by atoms with Crippen molar-refractivity contribution in [2.24, 2.45) is 5.41 Å². The minimum atomic E-state index is -0.134. The van der Waals surface area contributed by atoms with Crippen LogP contribution in [-0.4, -0.2) is 32.1 Å².